The number of piperidine rings is 1. The Bertz CT molecular complexity index is 762. The van der Waals surface area contributed by atoms with Gasteiger partial charge in [-0.25, -0.2) is 13.2 Å². The summed E-state index contributed by atoms with van der Waals surface area (Å²) in [6.45, 7) is 4.15. The quantitative estimate of drug-likeness (QED) is 0.849. The summed E-state index contributed by atoms with van der Waals surface area (Å²) in [4.78, 5) is 28.2. The summed E-state index contributed by atoms with van der Waals surface area (Å²) in [6.07, 6.45) is 2.19. The molecule has 26 heavy (non-hydrogen) atoms. The van der Waals surface area contributed by atoms with Crippen molar-refractivity contribution in [3.8, 4) is 0 Å². The van der Waals surface area contributed by atoms with Crippen molar-refractivity contribution in [1.82, 2.24) is 9.80 Å². The molecule has 1 atom stereocenters. The number of anilines is 1. The average molecular weight is 379 g/mol. The molecule has 2 saturated heterocycles. The van der Waals surface area contributed by atoms with Crippen LogP contribution in [0.3, 0.4) is 0 Å². The zero-order valence-corrected chi connectivity index (χ0v) is 15.8. The highest BCUT2D eigenvalue weighted by Gasteiger charge is 2.25. The van der Waals surface area contributed by atoms with Crippen molar-refractivity contribution < 1.29 is 18.0 Å². The number of hydrogen-bond acceptors (Lipinski definition) is 4. The maximum atomic E-state index is 12.6. The minimum absolute atomic E-state index is 0.00210. The molecule has 0 unspecified atom stereocenters. The lowest BCUT2D eigenvalue weighted by atomic mass is 9.99. The van der Waals surface area contributed by atoms with E-state index in [1.54, 1.807) is 24.3 Å². The molecule has 0 saturated carbocycles. The van der Waals surface area contributed by atoms with Crippen molar-refractivity contribution in [3.63, 3.8) is 0 Å². The molecule has 2 heterocycles. The van der Waals surface area contributed by atoms with E-state index in [1.165, 1.54) is 4.90 Å². The molecule has 0 bridgehead atoms. The van der Waals surface area contributed by atoms with Gasteiger partial charge < -0.3 is 15.1 Å². The van der Waals surface area contributed by atoms with Crippen molar-refractivity contribution in [2.75, 3.05) is 43.0 Å². The molecule has 8 heteroatoms. The van der Waals surface area contributed by atoms with Crippen LogP contribution in [0.25, 0.3) is 0 Å². The molecule has 1 N–H and O–H groups in total. The van der Waals surface area contributed by atoms with Crippen LogP contribution in [0, 0.1) is 5.92 Å². The summed E-state index contributed by atoms with van der Waals surface area (Å²) in [7, 11) is -3.02. The van der Waals surface area contributed by atoms with Crippen LogP contribution in [0.4, 0.5) is 10.5 Å². The Hall–Kier alpha value is -2.09. The van der Waals surface area contributed by atoms with Gasteiger partial charge in [-0.1, -0.05) is 6.92 Å². The predicted octanol–water partition coefficient (Wildman–Crippen LogP) is 1.82. The van der Waals surface area contributed by atoms with Crippen molar-refractivity contribution in [2.45, 2.75) is 19.8 Å². The smallest absolute Gasteiger partial charge is 0.321 e. The Morgan fingerprint density at radius 2 is 1.69 bits per heavy atom. The zero-order chi connectivity index (χ0) is 18.7. The number of carbonyl (C=O) groups is 2. The van der Waals surface area contributed by atoms with Gasteiger partial charge in [-0.3, -0.25) is 4.79 Å². The second-order valence-electron chi connectivity index (χ2n) is 7.14. The number of hydrogen-bond donors (Lipinski definition) is 1. The molecule has 2 aliphatic rings. The first kappa shape index (κ1) is 18.7. The molecular weight excluding hydrogens is 354 g/mol. The van der Waals surface area contributed by atoms with Crippen LogP contribution >= 0.6 is 0 Å². The molecule has 7 nitrogen and oxygen atoms in total. The number of amides is 3. The number of urea groups is 1. The van der Waals surface area contributed by atoms with Crippen molar-refractivity contribution >= 4 is 27.5 Å². The van der Waals surface area contributed by atoms with E-state index in [9.17, 15) is 18.0 Å². The zero-order valence-electron chi connectivity index (χ0n) is 15.0. The van der Waals surface area contributed by atoms with Gasteiger partial charge in [0.1, 0.15) is 0 Å². The Morgan fingerprint density at radius 1 is 1.04 bits per heavy atom. The summed E-state index contributed by atoms with van der Waals surface area (Å²) in [6, 6.07) is 6.54. The lowest BCUT2D eigenvalue weighted by Gasteiger charge is -2.31. The Labute approximate surface area is 154 Å². The summed E-state index contributed by atoms with van der Waals surface area (Å²) >= 11 is 0. The van der Waals surface area contributed by atoms with Crippen molar-refractivity contribution in [3.05, 3.63) is 29.8 Å². The minimum Gasteiger partial charge on any atom is -0.338 e. The first-order chi connectivity index (χ1) is 12.3. The fourth-order valence-corrected chi connectivity index (χ4v) is 4.57. The maximum absolute atomic E-state index is 12.6. The highest BCUT2D eigenvalue weighted by Crippen LogP contribution is 2.19. The number of benzene rings is 1. The Balaban J connectivity index is 1.57. The highest BCUT2D eigenvalue weighted by atomic mass is 32.2. The number of nitrogens with one attached hydrogen (secondary N) is 1. The molecule has 0 spiro atoms. The van der Waals surface area contributed by atoms with E-state index in [2.05, 4.69) is 12.2 Å². The van der Waals surface area contributed by atoms with Gasteiger partial charge >= 0.3 is 6.03 Å². The molecule has 2 fully saturated rings. The summed E-state index contributed by atoms with van der Waals surface area (Å²) in [5, 5.41) is 2.76. The molecule has 1 aromatic carbocycles. The van der Waals surface area contributed by atoms with Gasteiger partial charge in [-0.15, -0.1) is 0 Å². The Kier molecular flexibility index (Phi) is 5.50. The van der Waals surface area contributed by atoms with Gasteiger partial charge in [0.2, 0.25) is 0 Å². The van der Waals surface area contributed by atoms with Crippen LogP contribution in [-0.4, -0.2) is 67.8 Å². The monoisotopic (exact) mass is 379 g/mol. The van der Waals surface area contributed by atoms with Crippen LogP contribution < -0.4 is 5.32 Å². The first-order valence-electron chi connectivity index (χ1n) is 9.00. The van der Waals surface area contributed by atoms with Crippen LogP contribution in [-0.2, 0) is 9.84 Å². The van der Waals surface area contributed by atoms with E-state index in [0.717, 1.165) is 25.9 Å². The maximum Gasteiger partial charge on any atom is 0.321 e. The molecule has 3 amide bonds. The third-order valence-electron chi connectivity index (χ3n) is 4.96. The van der Waals surface area contributed by atoms with Gasteiger partial charge in [0.05, 0.1) is 11.5 Å². The van der Waals surface area contributed by atoms with Crippen molar-refractivity contribution in [1.29, 1.82) is 0 Å². The van der Waals surface area contributed by atoms with E-state index >= 15 is 0 Å². The standard InChI is InChI=1S/C18H25N3O4S/c1-14-3-2-8-21(13-14)17(22)15-4-6-16(7-5-15)19-18(23)20-9-11-26(24,25)12-10-20/h4-7,14H,2-3,8-13H2,1H3,(H,19,23)/t14-/m1/s1. The number of sulfone groups is 1. The fourth-order valence-electron chi connectivity index (χ4n) is 3.37. The lowest BCUT2D eigenvalue weighted by Crippen LogP contribution is -2.45. The number of rotatable bonds is 2. The van der Waals surface area contributed by atoms with Crippen LogP contribution in [0.1, 0.15) is 30.1 Å². The van der Waals surface area contributed by atoms with E-state index in [4.69, 9.17) is 0 Å². The average Bonchev–Trinajstić information content (AvgIpc) is 2.61. The molecular formula is C18H25N3O4S. The predicted molar refractivity (Wildman–Crippen MR) is 100.0 cm³/mol. The van der Waals surface area contributed by atoms with Gasteiger partial charge in [0.15, 0.2) is 9.84 Å². The van der Waals surface area contributed by atoms with E-state index in [1.807, 2.05) is 4.90 Å². The topological polar surface area (TPSA) is 86.8 Å². The molecule has 0 aliphatic carbocycles. The second kappa shape index (κ2) is 7.65. The molecule has 1 aromatic rings. The number of carbonyl (C=O) groups excluding carboxylic acids is 2. The third kappa shape index (κ3) is 4.55. The number of nitrogens with zero attached hydrogens (tertiary/aromatic N) is 2. The highest BCUT2D eigenvalue weighted by molar-refractivity contribution is 7.91. The van der Waals surface area contributed by atoms with Gasteiger partial charge in [-0.2, -0.15) is 0 Å². The largest absolute Gasteiger partial charge is 0.338 e. The van der Waals surface area contributed by atoms with Gasteiger partial charge in [0.25, 0.3) is 5.91 Å². The first-order valence-corrected chi connectivity index (χ1v) is 10.8. The van der Waals surface area contributed by atoms with Crippen molar-refractivity contribution in [2.24, 2.45) is 5.92 Å². The summed E-state index contributed by atoms with van der Waals surface area (Å²) < 4.78 is 22.9. The van der Waals surface area contributed by atoms with Gasteiger partial charge in [0, 0.05) is 37.4 Å². The summed E-state index contributed by atoms with van der Waals surface area (Å²) in [5.41, 5.74) is 1.20. The summed E-state index contributed by atoms with van der Waals surface area (Å²) in [5.74, 6) is 0.555. The fraction of sp³-hybridized carbons (Fsp3) is 0.556. The van der Waals surface area contributed by atoms with E-state index in [-0.39, 0.29) is 36.5 Å². The third-order valence-corrected chi connectivity index (χ3v) is 6.57. The SMILES string of the molecule is C[C@@H]1CCCN(C(=O)c2ccc(NC(=O)N3CCS(=O)(=O)CC3)cc2)C1. The van der Waals surface area contributed by atoms with Crippen LogP contribution in [0.5, 0.6) is 0 Å². The normalized spacial score (nSPS) is 22.7. The van der Waals surface area contributed by atoms with Crippen LogP contribution in [0.15, 0.2) is 24.3 Å². The number of likely N-dealkylation sites (tertiary alicyclic amines) is 1. The second-order valence-corrected chi connectivity index (χ2v) is 9.45. The minimum atomic E-state index is -3.02. The van der Waals surface area contributed by atoms with Crippen LogP contribution in [0.2, 0.25) is 0 Å². The molecule has 2 aliphatic heterocycles. The van der Waals surface area contributed by atoms with E-state index < -0.39 is 9.84 Å². The molecule has 3 rings (SSSR count). The van der Waals surface area contributed by atoms with Gasteiger partial charge in [-0.05, 0) is 43.0 Å². The lowest BCUT2D eigenvalue weighted by molar-refractivity contribution is 0.0683. The molecule has 0 radical (unpaired) electrons. The molecule has 142 valence electrons. The Morgan fingerprint density at radius 3 is 2.31 bits per heavy atom. The molecule has 0 aromatic heterocycles. The van der Waals surface area contributed by atoms with E-state index in [0.29, 0.717) is 17.2 Å².